The van der Waals surface area contributed by atoms with Crippen LogP contribution >= 0.6 is 0 Å². The molecule has 16 atom stereocenters. The van der Waals surface area contributed by atoms with Crippen LogP contribution in [-0.4, -0.2) is 330 Å². The Bertz CT molecular complexity index is 4820. The Kier molecular flexibility index (Phi) is 53.5. The number of carboxylic acids is 3. The average molecular weight is 2010 g/mol. The molecule has 0 saturated heterocycles. The summed E-state index contributed by atoms with van der Waals surface area (Å²) in [6, 6.07) is -6.60. The summed E-state index contributed by atoms with van der Waals surface area (Å²) >= 11 is 0. The summed E-state index contributed by atoms with van der Waals surface area (Å²) in [6.07, 6.45) is -5.77. The van der Waals surface area contributed by atoms with Crippen molar-refractivity contribution in [2.24, 2.45) is 28.8 Å². The second kappa shape index (κ2) is 62.2. The number of guanidine groups is 1. The van der Waals surface area contributed by atoms with E-state index in [1.807, 2.05) is 0 Å². The molecule has 0 radical (unpaired) electrons. The zero-order valence-corrected chi connectivity index (χ0v) is 79.9. The van der Waals surface area contributed by atoms with Gasteiger partial charge in [-0.15, -0.1) is 0 Å². The number of carboxylic acid groups (broad SMARTS) is 3. The molecular formula is C87H135N27O28. The van der Waals surface area contributed by atoms with Crippen molar-refractivity contribution in [1.82, 2.24) is 112 Å². The Labute approximate surface area is 815 Å². The Hall–Kier alpha value is -14.0. The van der Waals surface area contributed by atoms with Gasteiger partial charge in [-0.2, -0.15) is 0 Å². The van der Waals surface area contributed by atoms with Gasteiger partial charge in [0.1, 0.15) is 59.9 Å². The predicted molar refractivity (Wildman–Crippen MR) is 501 cm³/mol. The number of hydrazine groups is 3. The molecule has 13 amide bonds. The third kappa shape index (κ3) is 45.1. The number of hydrogen-bond acceptors (Lipinski definition) is 36. The summed E-state index contributed by atoms with van der Waals surface area (Å²) in [7, 11) is 0. The van der Waals surface area contributed by atoms with Crippen molar-refractivity contribution in [2.75, 3.05) is 45.9 Å². The van der Waals surface area contributed by atoms with Crippen molar-refractivity contribution in [3.05, 3.63) is 90.0 Å². The number of aromatic nitrogens is 2. The molecule has 786 valence electrons. The lowest BCUT2D eigenvalue weighted by atomic mass is 9.94. The van der Waals surface area contributed by atoms with E-state index in [-0.39, 0.29) is 64.0 Å². The van der Waals surface area contributed by atoms with Crippen LogP contribution in [0.5, 0.6) is 0 Å². The number of aliphatic hydroxyl groups excluding tert-OH is 3. The maximum absolute atomic E-state index is 14.4. The number of amides is 13. The van der Waals surface area contributed by atoms with Crippen LogP contribution in [0.2, 0.25) is 0 Å². The van der Waals surface area contributed by atoms with E-state index in [2.05, 4.69) is 112 Å². The number of imidazole rings is 1. The fourth-order valence-corrected chi connectivity index (χ4v) is 13.3. The number of Topliss-reactive ketones (excluding diaryl/α,β-unsaturated/α-hetero) is 6. The molecule has 1 heterocycles. The number of nitrogens with one attached hydrogen (secondary N) is 21. The second-order valence-corrected chi connectivity index (χ2v) is 34.4. The molecular weight excluding hydrogens is 1870 g/mol. The molecule has 55 heteroatoms. The van der Waals surface area contributed by atoms with E-state index in [1.165, 1.54) is 64.5 Å². The largest absolute Gasteiger partial charge is 0.481 e. The number of unbranched alkanes of at least 4 members (excludes halogenated alkanes) is 1. The average Bonchev–Trinajstić information content (AvgIpc) is 0.975. The molecule has 0 aliphatic rings. The minimum absolute atomic E-state index is 0.00769. The van der Waals surface area contributed by atoms with Crippen LogP contribution in [0, 0.1) is 5.41 Å². The van der Waals surface area contributed by atoms with Crippen molar-refractivity contribution in [1.29, 1.82) is 5.41 Å². The number of carbonyl (C=O) groups excluding carboxylic acids is 19. The van der Waals surface area contributed by atoms with Gasteiger partial charge in [0, 0.05) is 57.0 Å². The lowest BCUT2D eigenvalue weighted by Crippen LogP contribution is -2.62. The fourth-order valence-electron chi connectivity index (χ4n) is 13.3. The number of rotatable bonds is 73. The summed E-state index contributed by atoms with van der Waals surface area (Å²) in [5.74, 6) is -19.5. The maximum atomic E-state index is 14.4. The third-order valence-corrected chi connectivity index (χ3v) is 21.7. The first-order chi connectivity index (χ1) is 66.8. The van der Waals surface area contributed by atoms with Gasteiger partial charge in [0.2, 0.25) is 99.9 Å². The van der Waals surface area contributed by atoms with Crippen LogP contribution in [0.1, 0.15) is 156 Å². The van der Waals surface area contributed by atoms with Crippen molar-refractivity contribution < 1.29 is 136 Å². The molecule has 55 nitrogen and oxygen atoms in total. The molecule has 0 spiro atoms. The highest BCUT2D eigenvalue weighted by Crippen LogP contribution is 2.16. The standard InChI is InChI=1S/C87H135N27O28/c1-44(76(134)101-45(2)77(135)104-51(22-15-16-32-88)71(129)72(130)52(25-29-66(123)124)111-112-57(34-48-18-11-9-12-19-48)62(119)39-100-86(5,6)83(141)106-53(75(90)133)23-17-33-95-85(91)92)102-80(138)56(24-28-63(89)120)103-64(121)40-97-78(136)54(26-30-67(125)126)96-38-61(118)60(42-115)113-114-69(46(3)116)74(132)73(131)58(35-49-20-13-10-14-21-49)105-82(140)70(47(4)117)108-65(122)41-98-79(137)55(27-31-68(127)128)107-84(142)87(7,8)109-81(139)59(110-93)36-50-37-94-43-99-50/h9-14,18-21,37,43-47,51-60,69-70,96,100,110-117H,15-17,22-36,38-42,88,93H2,1-8H3,(H2,89,120)(H2,90,133)(H,94,99)(H,97,136)(H,98,137)(H,101,134)(H,102,138)(H,103,121)(H,104,135)(H,105,140)(H,106,141)(H,107,142)(H,108,122)(H,109,139)(H,123,124)(H,125,126)(H,127,128)(H4,91,92,95)/t44-,45?,46+,47+,51-,52-,53-,54-,55?,56?,57-,58-,59-,60-,69-,70-/m0/s1. The first-order valence-corrected chi connectivity index (χ1v) is 45.3. The quantitative estimate of drug-likeness (QED) is 0.00623. The highest BCUT2D eigenvalue weighted by atomic mass is 16.4. The van der Waals surface area contributed by atoms with Crippen LogP contribution in [0.3, 0.4) is 0 Å². The van der Waals surface area contributed by atoms with E-state index >= 15 is 0 Å². The monoisotopic (exact) mass is 2010 g/mol. The minimum atomic E-state index is -2.02. The van der Waals surface area contributed by atoms with Crippen molar-refractivity contribution in [3.63, 3.8) is 0 Å². The number of aliphatic hydroxyl groups is 3. The topological polar surface area (TPSA) is 908 Å². The Balaban J connectivity index is 1.73. The van der Waals surface area contributed by atoms with Crippen LogP contribution in [-0.2, 0) is 125 Å². The van der Waals surface area contributed by atoms with Crippen molar-refractivity contribution >= 4 is 135 Å². The Morgan fingerprint density at radius 2 is 0.894 bits per heavy atom. The van der Waals surface area contributed by atoms with Crippen LogP contribution in [0.25, 0.3) is 0 Å². The van der Waals surface area contributed by atoms with E-state index in [0.29, 0.717) is 16.8 Å². The molecule has 0 bridgehead atoms. The summed E-state index contributed by atoms with van der Waals surface area (Å²) in [5.41, 5.74) is 32.4. The second-order valence-electron chi connectivity index (χ2n) is 34.4. The number of benzene rings is 2. The van der Waals surface area contributed by atoms with Gasteiger partial charge < -0.3 is 122 Å². The lowest BCUT2D eigenvalue weighted by Gasteiger charge is -2.29. The third-order valence-electron chi connectivity index (χ3n) is 21.7. The van der Waals surface area contributed by atoms with E-state index in [0.717, 1.165) is 27.7 Å². The number of carbonyl (C=O) groups is 22. The zero-order valence-electron chi connectivity index (χ0n) is 79.9. The summed E-state index contributed by atoms with van der Waals surface area (Å²) in [4.78, 5) is 302. The van der Waals surface area contributed by atoms with Crippen molar-refractivity contribution in [2.45, 2.75) is 266 Å². The van der Waals surface area contributed by atoms with Gasteiger partial charge in [0.05, 0.1) is 87.1 Å². The van der Waals surface area contributed by atoms with Crippen LogP contribution < -0.4 is 130 Å². The van der Waals surface area contributed by atoms with Gasteiger partial charge in [-0.3, -0.25) is 127 Å². The minimum Gasteiger partial charge on any atom is -0.481 e. The first kappa shape index (κ1) is 122. The Morgan fingerprint density at radius 1 is 0.430 bits per heavy atom. The number of aliphatic carboxylic acids is 3. The molecule has 0 aliphatic carbocycles. The lowest BCUT2D eigenvalue weighted by molar-refractivity contribution is -0.142. The van der Waals surface area contributed by atoms with E-state index < -0.39 is 328 Å². The normalized spacial score (nSPS) is 14.7. The van der Waals surface area contributed by atoms with E-state index in [9.17, 15) is 136 Å². The van der Waals surface area contributed by atoms with E-state index in [4.69, 9.17) is 34.2 Å². The van der Waals surface area contributed by atoms with Crippen LogP contribution in [0.15, 0.2) is 73.2 Å². The van der Waals surface area contributed by atoms with Gasteiger partial charge in [0.25, 0.3) is 0 Å². The smallest absolute Gasteiger partial charge is 0.303 e. The first-order valence-electron chi connectivity index (χ1n) is 45.3. The fraction of sp³-hybridized carbons (Fsp3) is 0.563. The number of nitrogens with zero attached hydrogens (tertiary/aromatic N) is 1. The van der Waals surface area contributed by atoms with Gasteiger partial charge in [-0.05, 0) is 137 Å². The summed E-state index contributed by atoms with van der Waals surface area (Å²) in [6.45, 7) is 5.50. The number of primary amides is 2. The van der Waals surface area contributed by atoms with Gasteiger partial charge >= 0.3 is 17.9 Å². The molecule has 0 saturated carbocycles. The van der Waals surface area contributed by atoms with Crippen LogP contribution in [0.4, 0.5) is 0 Å². The van der Waals surface area contributed by atoms with Gasteiger partial charge in [-0.25, -0.2) is 32.1 Å². The molecule has 2 aromatic carbocycles. The number of hydrogen-bond donors (Lipinski definition) is 32. The molecule has 3 rings (SSSR count). The molecule has 0 aliphatic heterocycles. The maximum Gasteiger partial charge on any atom is 0.303 e. The zero-order chi connectivity index (χ0) is 107. The number of H-pyrrole nitrogens is 1. The summed E-state index contributed by atoms with van der Waals surface area (Å²) < 4.78 is 0. The summed E-state index contributed by atoms with van der Waals surface area (Å²) in [5, 5.41) is 102. The van der Waals surface area contributed by atoms with Gasteiger partial charge in [-0.1, -0.05) is 60.7 Å². The molecule has 3 aromatic rings. The number of nitrogens with two attached hydrogens (primary N) is 5. The number of aromatic amines is 1. The predicted octanol–water partition coefficient (Wildman–Crippen LogP) is -11.8. The van der Waals surface area contributed by atoms with Crippen molar-refractivity contribution in [3.8, 4) is 0 Å². The van der Waals surface area contributed by atoms with E-state index in [1.54, 1.807) is 36.4 Å². The molecule has 37 N–H and O–H groups in total. The number of ketones is 6. The molecule has 1 aromatic heterocycles. The highest BCUT2D eigenvalue weighted by Gasteiger charge is 2.42. The molecule has 0 fully saturated rings. The Morgan fingerprint density at radius 3 is 1.42 bits per heavy atom. The molecule has 142 heavy (non-hydrogen) atoms. The SMILES string of the molecule is CC(NC(=O)[C@H](C)NC(=O)C(CCC(N)=O)NC(=O)CNC(=O)[C@H](CCC(=O)O)NCC(=O)[C@H](CO)NN[C@H](C(=O)C(=O)[C@H](Cc1ccccc1)NC(=O)[C@@H](NC(=O)CNC(=O)C(CCC(=O)O)NC(=O)C(C)(C)NC(=O)[C@H](Cc1cnc[nH]1)NN)[C@@H](C)O)[C@@H](C)O)C(=O)N[C@@H](CCCCN)C(=O)C(=O)[C@H](CCC(=O)O)NN[C@@H](Cc1ccccc1)C(=O)CNC(C)(C)C(=O)N[C@@H](CCCNC(=N)N)C(N)=O. The molecule has 3 unspecified atom stereocenters. The highest BCUT2D eigenvalue weighted by molar-refractivity contribution is 6.42. The van der Waals surface area contributed by atoms with Gasteiger partial charge in [0.15, 0.2) is 17.5 Å².